The highest BCUT2D eigenvalue weighted by Crippen LogP contribution is 2.20. The largest absolute Gasteiger partial charge is 0.313 e. The van der Waals surface area contributed by atoms with Crippen LogP contribution < -0.4 is 5.43 Å². The third-order valence-corrected chi connectivity index (χ3v) is 2.68. The number of nitrogens with zero attached hydrogens (tertiary/aromatic N) is 3. The number of anilines is 1. The second-order valence-corrected chi connectivity index (χ2v) is 4.04. The molecule has 0 unspecified atom stereocenters. The average molecular weight is 295 g/mol. The molecule has 0 saturated heterocycles. The van der Waals surface area contributed by atoms with Gasteiger partial charge in [-0.05, 0) is 18.2 Å². The number of hydrazone groups is 1. The van der Waals surface area contributed by atoms with Crippen molar-refractivity contribution in [2.45, 2.75) is 0 Å². The van der Waals surface area contributed by atoms with Crippen LogP contribution in [0, 0.1) is 15.9 Å². The smallest absolute Gasteiger partial charge is 0.258 e. The molecule has 1 heterocycles. The van der Waals surface area contributed by atoms with E-state index < -0.39 is 10.7 Å². The van der Waals surface area contributed by atoms with Crippen LogP contribution in [-0.4, -0.2) is 16.1 Å². The molecule has 0 saturated carbocycles. The summed E-state index contributed by atoms with van der Waals surface area (Å²) in [6.45, 7) is 0. The Morgan fingerprint density at radius 2 is 2.20 bits per heavy atom. The Morgan fingerprint density at radius 3 is 2.90 bits per heavy atom. The summed E-state index contributed by atoms with van der Waals surface area (Å²) in [6, 6.07) is 6.92. The zero-order chi connectivity index (χ0) is 14.5. The molecular formula is C12H8ClFN4O2. The Balaban J connectivity index is 2.21. The molecule has 1 aromatic carbocycles. The fraction of sp³-hybridized carbons (Fsp3) is 0. The van der Waals surface area contributed by atoms with Gasteiger partial charge in [-0.2, -0.15) is 5.10 Å². The van der Waals surface area contributed by atoms with E-state index in [0.717, 1.165) is 6.21 Å². The minimum absolute atomic E-state index is 0.0405. The van der Waals surface area contributed by atoms with E-state index in [9.17, 15) is 14.5 Å². The molecule has 1 aromatic heterocycles. The third kappa shape index (κ3) is 3.07. The fourth-order valence-electron chi connectivity index (χ4n) is 1.42. The van der Waals surface area contributed by atoms with Crippen molar-refractivity contribution in [3.63, 3.8) is 0 Å². The highest BCUT2D eigenvalue weighted by Gasteiger charge is 2.13. The van der Waals surface area contributed by atoms with Crippen LogP contribution in [0.15, 0.2) is 41.6 Å². The van der Waals surface area contributed by atoms with Crippen molar-refractivity contribution in [2.24, 2.45) is 5.10 Å². The molecule has 1 N–H and O–H groups in total. The zero-order valence-corrected chi connectivity index (χ0v) is 10.7. The molecular weight excluding hydrogens is 287 g/mol. The number of aromatic nitrogens is 1. The van der Waals surface area contributed by atoms with Gasteiger partial charge in [0.05, 0.1) is 16.2 Å². The minimum Gasteiger partial charge on any atom is -0.258 e. The van der Waals surface area contributed by atoms with Crippen molar-refractivity contribution in [1.82, 2.24) is 4.98 Å². The Bertz CT molecular complexity index is 658. The van der Waals surface area contributed by atoms with E-state index in [-0.39, 0.29) is 22.1 Å². The number of hydrogen-bond acceptors (Lipinski definition) is 5. The van der Waals surface area contributed by atoms with Gasteiger partial charge in [0, 0.05) is 17.8 Å². The van der Waals surface area contributed by atoms with Gasteiger partial charge in [0.2, 0.25) is 5.82 Å². The predicted octanol–water partition coefficient (Wildman–Crippen LogP) is 3.23. The van der Waals surface area contributed by atoms with Crippen LogP contribution >= 0.6 is 11.6 Å². The van der Waals surface area contributed by atoms with E-state index in [1.165, 1.54) is 36.5 Å². The first kappa shape index (κ1) is 13.9. The lowest BCUT2D eigenvalue weighted by molar-refractivity contribution is -0.384. The maximum absolute atomic E-state index is 13.5. The number of benzene rings is 1. The first-order valence-corrected chi connectivity index (χ1v) is 5.80. The van der Waals surface area contributed by atoms with Gasteiger partial charge in [-0.25, -0.2) is 9.37 Å². The van der Waals surface area contributed by atoms with Crippen LogP contribution in [0.1, 0.15) is 5.56 Å². The summed E-state index contributed by atoms with van der Waals surface area (Å²) in [5, 5.41) is 14.7. The van der Waals surface area contributed by atoms with Crippen molar-refractivity contribution in [1.29, 1.82) is 0 Å². The predicted molar refractivity (Wildman–Crippen MR) is 73.5 cm³/mol. The molecule has 2 aromatic rings. The van der Waals surface area contributed by atoms with Gasteiger partial charge < -0.3 is 0 Å². The molecule has 0 radical (unpaired) electrons. The SMILES string of the molecule is O=[N+]([O-])c1cccnc1N/N=C\c1c(F)cccc1Cl. The van der Waals surface area contributed by atoms with Crippen molar-refractivity contribution in [2.75, 3.05) is 5.43 Å². The molecule has 0 atom stereocenters. The molecule has 20 heavy (non-hydrogen) atoms. The number of hydrogen-bond donors (Lipinski definition) is 1. The number of halogens is 2. The Morgan fingerprint density at radius 1 is 1.40 bits per heavy atom. The topological polar surface area (TPSA) is 80.4 Å². The third-order valence-electron chi connectivity index (χ3n) is 2.35. The summed E-state index contributed by atoms with van der Waals surface area (Å²) >= 11 is 5.81. The summed E-state index contributed by atoms with van der Waals surface area (Å²) in [6.07, 6.45) is 2.51. The van der Waals surface area contributed by atoms with Gasteiger partial charge in [0.15, 0.2) is 0 Å². The van der Waals surface area contributed by atoms with Gasteiger partial charge in [-0.1, -0.05) is 17.7 Å². The Labute approximate surface area is 118 Å². The monoisotopic (exact) mass is 294 g/mol. The molecule has 0 aliphatic rings. The first-order chi connectivity index (χ1) is 9.59. The van der Waals surface area contributed by atoms with Crippen LogP contribution in [0.5, 0.6) is 0 Å². The number of nitro groups is 1. The van der Waals surface area contributed by atoms with Gasteiger partial charge in [-0.3, -0.25) is 15.5 Å². The highest BCUT2D eigenvalue weighted by molar-refractivity contribution is 6.33. The summed E-state index contributed by atoms with van der Waals surface area (Å²) in [7, 11) is 0. The minimum atomic E-state index is -0.596. The van der Waals surface area contributed by atoms with Crippen LogP contribution in [0.3, 0.4) is 0 Å². The standard InChI is InChI=1S/C12H8ClFN4O2/c13-9-3-1-4-10(14)8(9)7-16-17-12-11(18(19)20)5-2-6-15-12/h1-7H,(H,15,17)/b16-7-. The second-order valence-electron chi connectivity index (χ2n) is 3.63. The first-order valence-electron chi connectivity index (χ1n) is 5.42. The number of pyridine rings is 1. The van der Waals surface area contributed by atoms with E-state index in [1.54, 1.807) is 0 Å². The van der Waals surface area contributed by atoms with Gasteiger partial charge in [0.1, 0.15) is 5.82 Å². The van der Waals surface area contributed by atoms with Crippen LogP contribution in [0.25, 0.3) is 0 Å². The summed E-state index contributed by atoms with van der Waals surface area (Å²) in [5.74, 6) is -0.584. The summed E-state index contributed by atoms with van der Waals surface area (Å²) in [5.41, 5.74) is 2.24. The molecule has 0 fully saturated rings. The second kappa shape index (κ2) is 6.07. The molecule has 8 heteroatoms. The average Bonchev–Trinajstić information content (AvgIpc) is 2.42. The maximum atomic E-state index is 13.5. The Hall–Kier alpha value is -2.54. The molecule has 0 bridgehead atoms. The van der Waals surface area contributed by atoms with E-state index in [1.807, 2.05) is 0 Å². The van der Waals surface area contributed by atoms with Crippen LogP contribution in [-0.2, 0) is 0 Å². The van der Waals surface area contributed by atoms with Crippen LogP contribution in [0.2, 0.25) is 5.02 Å². The molecule has 0 amide bonds. The van der Waals surface area contributed by atoms with Crippen LogP contribution in [0.4, 0.5) is 15.9 Å². The van der Waals surface area contributed by atoms with Gasteiger partial charge >= 0.3 is 5.69 Å². The summed E-state index contributed by atoms with van der Waals surface area (Å²) in [4.78, 5) is 13.9. The van der Waals surface area contributed by atoms with E-state index in [0.29, 0.717) is 0 Å². The molecule has 0 aliphatic heterocycles. The number of rotatable bonds is 4. The lowest BCUT2D eigenvalue weighted by atomic mass is 10.2. The van der Waals surface area contributed by atoms with E-state index in [4.69, 9.17) is 11.6 Å². The summed E-state index contributed by atoms with van der Waals surface area (Å²) < 4.78 is 13.5. The van der Waals surface area contributed by atoms with E-state index >= 15 is 0 Å². The molecule has 102 valence electrons. The molecule has 6 nitrogen and oxygen atoms in total. The zero-order valence-electron chi connectivity index (χ0n) is 9.96. The van der Waals surface area contributed by atoms with Gasteiger partial charge in [0.25, 0.3) is 0 Å². The fourth-order valence-corrected chi connectivity index (χ4v) is 1.63. The lowest BCUT2D eigenvalue weighted by Gasteiger charge is -2.01. The van der Waals surface area contributed by atoms with Crippen molar-refractivity contribution >= 4 is 29.3 Å². The van der Waals surface area contributed by atoms with Crippen molar-refractivity contribution < 1.29 is 9.31 Å². The maximum Gasteiger partial charge on any atom is 0.313 e. The lowest BCUT2D eigenvalue weighted by Crippen LogP contribution is -1.99. The molecule has 2 rings (SSSR count). The number of nitrogens with one attached hydrogen (secondary N) is 1. The molecule has 0 aliphatic carbocycles. The quantitative estimate of drug-likeness (QED) is 0.533. The van der Waals surface area contributed by atoms with Crippen molar-refractivity contribution in [3.05, 3.63) is 63.0 Å². The van der Waals surface area contributed by atoms with Crippen molar-refractivity contribution in [3.8, 4) is 0 Å². The highest BCUT2D eigenvalue weighted by atomic mass is 35.5. The van der Waals surface area contributed by atoms with E-state index in [2.05, 4.69) is 15.5 Å². The normalized spacial score (nSPS) is 10.7. The Kier molecular flexibility index (Phi) is 4.21. The molecule has 0 spiro atoms. The van der Waals surface area contributed by atoms with Gasteiger partial charge in [-0.15, -0.1) is 0 Å².